The summed E-state index contributed by atoms with van der Waals surface area (Å²) in [4.78, 5) is 24.6. The topological polar surface area (TPSA) is 81.4 Å². The zero-order valence-electron chi connectivity index (χ0n) is 15.8. The molecule has 2 aromatic rings. The number of hydrogen-bond acceptors (Lipinski definition) is 3. The Kier molecular flexibility index (Phi) is 5.66. The van der Waals surface area contributed by atoms with Crippen molar-refractivity contribution >= 4 is 17.5 Å². The molecule has 5 nitrogen and oxygen atoms in total. The minimum absolute atomic E-state index is 0.262. The molecular formula is C21H21F3N2O3. The third-order valence-electron chi connectivity index (χ3n) is 5.27. The maximum Gasteiger partial charge on any atom is 0.416 e. The van der Waals surface area contributed by atoms with Crippen molar-refractivity contribution < 1.29 is 27.5 Å². The number of amides is 2. The standard InChI is InChI=1S/C21H21F3N2O3/c1-13-11-16(5-6-17(13)18(25)27)26-19(28)20(7-9-29-10-8-20)14-3-2-4-15(12-14)21(22,23)24/h2-6,11-12H,7-10H2,1H3,(H2,25,27)(H,26,28). The summed E-state index contributed by atoms with van der Waals surface area (Å²) in [6.45, 7) is 2.22. The molecule has 3 N–H and O–H groups in total. The van der Waals surface area contributed by atoms with Gasteiger partial charge in [0.05, 0.1) is 11.0 Å². The van der Waals surface area contributed by atoms with Gasteiger partial charge in [-0.05, 0) is 55.2 Å². The minimum atomic E-state index is -4.50. The Morgan fingerprint density at radius 1 is 1.10 bits per heavy atom. The number of nitrogens with two attached hydrogens (primary N) is 1. The van der Waals surface area contributed by atoms with Crippen molar-refractivity contribution in [3.8, 4) is 0 Å². The Morgan fingerprint density at radius 3 is 2.38 bits per heavy atom. The fraction of sp³-hybridized carbons (Fsp3) is 0.333. The van der Waals surface area contributed by atoms with E-state index in [1.54, 1.807) is 25.1 Å². The van der Waals surface area contributed by atoms with Crippen LogP contribution in [0.4, 0.5) is 18.9 Å². The fourth-order valence-corrected chi connectivity index (χ4v) is 3.63. The maximum atomic E-state index is 13.2. The quantitative estimate of drug-likeness (QED) is 0.810. The zero-order valence-corrected chi connectivity index (χ0v) is 15.8. The molecule has 1 fully saturated rings. The number of aryl methyl sites for hydroxylation is 1. The van der Waals surface area contributed by atoms with Crippen molar-refractivity contribution in [2.24, 2.45) is 5.73 Å². The summed E-state index contributed by atoms with van der Waals surface area (Å²) >= 11 is 0. The molecule has 1 saturated heterocycles. The molecule has 2 amide bonds. The lowest BCUT2D eigenvalue weighted by atomic mass is 9.73. The Balaban J connectivity index is 1.96. The average molecular weight is 406 g/mol. The van der Waals surface area contributed by atoms with Gasteiger partial charge in [0.15, 0.2) is 0 Å². The number of anilines is 1. The first kappa shape index (κ1) is 20.9. The summed E-state index contributed by atoms with van der Waals surface area (Å²) in [7, 11) is 0. The van der Waals surface area contributed by atoms with Crippen LogP contribution in [0.15, 0.2) is 42.5 Å². The van der Waals surface area contributed by atoms with E-state index in [-0.39, 0.29) is 26.1 Å². The molecule has 0 unspecified atom stereocenters. The molecule has 3 rings (SSSR count). The molecule has 0 aliphatic carbocycles. The van der Waals surface area contributed by atoms with E-state index in [0.717, 1.165) is 12.1 Å². The highest BCUT2D eigenvalue weighted by atomic mass is 19.4. The molecule has 1 aliphatic heterocycles. The first-order chi connectivity index (χ1) is 13.6. The number of rotatable bonds is 4. The number of hydrogen-bond donors (Lipinski definition) is 2. The lowest BCUT2D eigenvalue weighted by molar-refractivity contribution is -0.138. The number of primary amides is 1. The summed E-state index contributed by atoms with van der Waals surface area (Å²) in [6.07, 6.45) is -3.97. The van der Waals surface area contributed by atoms with Gasteiger partial charge in [-0.3, -0.25) is 9.59 Å². The number of alkyl halides is 3. The summed E-state index contributed by atoms with van der Waals surface area (Å²) < 4.78 is 44.9. The molecule has 2 aromatic carbocycles. The normalized spacial score (nSPS) is 16.3. The van der Waals surface area contributed by atoms with E-state index in [1.165, 1.54) is 12.1 Å². The minimum Gasteiger partial charge on any atom is -0.381 e. The lowest BCUT2D eigenvalue weighted by Crippen LogP contribution is -2.45. The molecule has 29 heavy (non-hydrogen) atoms. The van der Waals surface area contributed by atoms with Gasteiger partial charge in [0.2, 0.25) is 11.8 Å². The second-order valence-electron chi connectivity index (χ2n) is 7.12. The van der Waals surface area contributed by atoms with Crippen LogP contribution >= 0.6 is 0 Å². The number of carbonyl (C=O) groups is 2. The monoisotopic (exact) mass is 406 g/mol. The first-order valence-corrected chi connectivity index (χ1v) is 9.11. The number of ether oxygens (including phenoxy) is 1. The molecule has 1 heterocycles. The van der Waals surface area contributed by atoms with Crippen molar-refractivity contribution in [1.82, 2.24) is 0 Å². The van der Waals surface area contributed by atoms with E-state index in [0.29, 0.717) is 22.4 Å². The summed E-state index contributed by atoms with van der Waals surface area (Å²) in [5.41, 5.74) is 5.03. The molecule has 0 aromatic heterocycles. The van der Waals surface area contributed by atoms with Crippen molar-refractivity contribution in [2.75, 3.05) is 18.5 Å². The molecule has 8 heteroatoms. The van der Waals surface area contributed by atoms with Gasteiger partial charge in [-0.2, -0.15) is 13.2 Å². The molecule has 0 saturated carbocycles. The van der Waals surface area contributed by atoms with Gasteiger partial charge in [0, 0.05) is 24.5 Å². The van der Waals surface area contributed by atoms with Crippen LogP contribution in [0.1, 0.15) is 39.9 Å². The van der Waals surface area contributed by atoms with Gasteiger partial charge < -0.3 is 15.8 Å². The number of nitrogens with one attached hydrogen (secondary N) is 1. The van der Waals surface area contributed by atoms with Crippen LogP contribution in [0.3, 0.4) is 0 Å². The SMILES string of the molecule is Cc1cc(NC(=O)C2(c3cccc(C(F)(F)F)c3)CCOCC2)ccc1C(N)=O. The molecule has 1 aliphatic rings. The van der Waals surface area contributed by atoms with E-state index in [9.17, 15) is 22.8 Å². The van der Waals surface area contributed by atoms with Crippen molar-refractivity contribution in [1.29, 1.82) is 0 Å². The van der Waals surface area contributed by atoms with Gasteiger partial charge in [-0.15, -0.1) is 0 Å². The highest BCUT2D eigenvalue weighted by Crippen LogP contribution is 2.39. The van der Waals surface area contributed by atoms with Crippen LogP contribution in [0.25, 0.3) is 0 Å². The molecule has 0 atom stereocenters. The second kappa shape index (κ2) is 7.87. The number of benzene rings is 2. The third kappa shape index (κ3) is 4.27. The lowest BCUT2D eigenvalue weighted by Gasteiger charge is -2.36. The van der Waals surface area contributed by atoms with Crippen molar-refractivity contribution in [3.63, 3.8) is 0 Å². The number of halogens is 3. The Bertz CT molecular complexity index is 935. The van der Waals surface area contributed by atoms with Gasteiger partial charge in [0.25, 0.3) is 0 Å². The van der Waals surface area contributed by atoms with E-state index >= 15 is 0 Å². The Labute approximate surface area is 166 Å². The van der Waals surface area contributed by atoms with Crippen LogP contribution in [-0.2, 0) is 21.1 Å². The van der Waals surface area contributed by atoms with Crippen LogP contribution < -0.4 is 11.1 Å². The summed E-state index contributed by atoms with van der Waals surface area (Å²) in [5, 5.41) is 2.79. The Morgan fingerprint density at radius 2 is 1.79 bits per heavy atom. The third-order valence-corrected chi connectivity index (χ3v) is 5.27. The highest BCUT2D eigenvalue weighted by molar-refractivity contribution is 6.00. The predicted octanol–water partition coefficient (Wildman–Crippen LogP) is 3.80. The van der Waals surface area contributed by atoms with Crippen LogP contribution in [-0.4, -0.2) is 25.0 Å². The van der Waals surface area contributed by atoms with Crippen LogP contribution in [0, 0.1) is 6.92 Å². The van der Waals surface area contributed by atoms with Crippen molar-refractivity contribution in [3.05, 3.63) is 64.7 Å². The van der Waals surface area contributed by atoms with Crippen LogP contribution in [0.5, 0.6) is 0 Å². The van der Waals surface area contributed by atoms with E-state index < -0.39 is 29.0 Å². The van der Waals surface area contributed by atoms with Gasteiger partial charge in [0.1, 0.15) is 0 Å². The molecular weight excluding hydrogens is 385 g/mol. The molecule has 0 spiro atoms. The fourth-order valence-electron chi connectivity index (χ4n) is 3.63. The average Bonchev–Trinajstić information content (AvgIpc) is 2.67. The second-order valence-corrected chi connectivity index (χ2v) is 7.12. The van der Waals surface area contributed by atoms with Crippen molar-refractivity contribution in [2.45, 2.75) is 31.4 Å². The summed E-state index contributed by atoms with van der Waals surface area (Å²) in [6, 6.07) is 9.54. The maximum absolute atomic E-state index is 13.2. The predicted molar refractivity (Wildman–Crippen MR) is 102 cm³/mol. The smallest absolute Gasteiger partial charge is 0.381 e. The Hall–Kier alpha value is -2.87. The van der Waals surface area contributed by atoms with Gasteiger partial charge >= 0.3 is 6.18 Å². The summed E-state index contributed by atoms with van der Waals surface area (Å²) in [5.74, 6) is -0.989. The van der Waals surface area contributed by atoms with E-state index in [4.69, 9.17) is 10.5 Å². The highest BCUT2D eigenvalue weighted by Gasteiger charge is 2.43. The molecule has 154 valence electrons. The first-order valence-electron chi connectivity index (χ1n) is 9.11. The van der Waals surface area contributed by atoms with Gasteiger partial charge in [-0.1, -0.05) is 18.2 Å². The van der Waals surface area contributed by atoms with Gasteiger partial charge in [-0.25, -0.2) is 0 Å². The van der Waals surface area contributed by atoms with Crippen LogP contribution in [0.2, 0.25) is 0 Å². The van der Waals surface area contributed by atoms with E-state index in [2.05, 4.69) is 5.32 Å². The largest absolute Gasteiger partial charge is 0.416 e. The zero-order chi connectivity index (χ0) is 21.2. The van der Waals surface area contributed by atoms with E-state index in [1.807, 2.05) is 0 Å². The number of carbonyl (C=O) groups excluding carboxylic acids is 2. The molecule has 0 radical (unpaired) electrons. The molecule has 0 bridgehead atoms.